The third kappa shape index (κ3) is 3.92. The molecule has 1 aromatic carbocycles. The number of nitrogens with zero attached hydrogens (tertiary/aromatic N) is 4. The summed E-state index contributed by atoms with van der Waals surface area (Å²) in [6.45, 7) is 6.12. The molecule has 2 aromatic rings. The maximum absolute atomic E-state index is 13.2. The molecule has 0 radical (unpaired) electrons. The van der Waals surface area contributed by atoms with Crippen molar-refractivity contribution >= 4 is 34.0 Å². The summed E-state index contributed by atoms with van der Waals surface area (Å²) in [5, 5.41) is 19.3. The van der Waals surface area contributed by atoms with Gasteiger partial charge in [0, 0.05) is 29.0 Å². The van der Waals surface area contributed by atoms with Crippen LogP contribution in [0.5, 0.6) is 5.75 Å². The van der Waals surface area contributed by atoms with Gasteiger partial charge in [-0.15, -0.1) is 16.8 Å². The van der Waals surface area contributed by atoms with Crippen molar-refractivity contribution in [3.8, 4) is 11.8 Å². The highest BCUT2D eigenvalue weighted by atomic mass is 32.2. The number of ether oxygens (including phenoxy) is 1. The van der Waals surface area contributed by atoms with Crippen LogP contribution < -0.4 is 15.4 Å². The average molecular weight is 466 g/mol. The van der Waals surface area contributed by atoms with E-state index in [-0.39, 0.29) is 11.6 Å². The van der Waals surface area contributed by atoms with Gasteiger partial charge >= 0.3 is 0 Å². The van der Waals surface area contributed by atoms with E-state index >= 15 is 0 Å². The predicted octanol–water partition coefficient (Wildman–Crippen LogP) is 4.52. The fourth-order valence-corrected chi connectivity index (χ4v) is 5.75. The number of Topliss-reactive ketones (excluding diaryl/α,β-unsaturated/α-hetero) is 1. The van der Waals surface area contributed by atoms with Gasteiger partial charge in [-0.3, -0.25) is 9.69 Å². The number of nitriles is 1. The third-order valence-electron chi connectivity index (χ3n) is 5.35. The molecule has 0 bridgehead atoms. The number of allylic oxidation sites excluding steroid dienone is 3. The number of anilines is 1. The summed E-state index contributed by atoms with van der Waals surface area (Å²) >= 11 is 2.91. The van der Waals surface area contributed by atoms with E-state index in [4.69, 9.17) is 10.5 Å². The van der Waals surface area contributed by atoms with Gasteiger partial charge in [0.15, 0.2) is 10.1 Å². The van der Waals surface area contributed by atoms with E-state index in [0.29, 0.717) is 47.2 Å². The number of hydrogen-bond acceptors (Lipinski definition) is 9. The van der Waals surface area contributed by atoms with Crippen LogP contribution in [0, 0.1) is 11.3 Å². The molecule has 1 aliphatic heterocycles. The molecule has 0 spiro atoms. The number of ketones is 1. The summed E-state index contributed by atoms with van der Waals surface area (Å²) in [5.74, 6) is 1.11. The summed E-state index contributed by atoms with van der Waals surface area (Å²) in [6, 6.07) is 9.80. The number of carbonyl (C=O) groups is 1. The standard InChI is InChI=1S/C23H23N5O2S2/c1-3-12-31-23-27-26-22(32-23)28-16-9-7-10-17(29)20(16)19(15(13-24)21(28)25)14-8-5-6-11-18(14)30-4-2/h3,5-6,8,11,19H,1,4,7,9-10,12,25H2,2H3. The lowest BCUT2D eigenvalue weighted by Crippen LogP contribution is -2.38. The number of aromatic nitrogens is 2. The van der Waals surface area contributed by atoms with Crippen LogP contribution in [-0.4, -0.2) is 28.3 Å². The van der Waals surface area contributed by atoms with Gasteiger partial charge < -0.3 is 10.5 Å². The van der Waals surface area contributed by atoms with Crippen LogP contribution in [0.2, 0.25) is 0 Å². The molecular formula is C23H23N5O2S2. The van der Waals surface area contributed by atoms with Crippen LogP contribution >= 0.6 is 23.1 Å². The second-order valence-electron chi connectivity index (χ2n) is 7.24. The molecule has 0 saturated carbocycles. The molecule has 164 valence electrons. The maximum atomic E-state index is 13.2. The Bertz CT molecular complexity index is 1160. The highest BCUT2D eigenvalue weighted by Crippen LogP contribution is 2.48. The van der Waals surface area contributed by atoms with Gasteiger partial charge in [-0.1, -0.05) is 47.4 Å². The number of nitrogens with two attached hydrogens (primary N) is 1. The van der Waals surface area contributed by atoms with Crippen LogP contribution in [0.1, 0.15) is 37.7 Å². The van der Waals surface area contributed by atoms with Gasteiger partial charge in [-0.25, -0.2) is 0 Å². The smallest absolute Gasteiger partial charge is 0.219 e. The second kappa shape index (κ2) is 9.59. The highest BCUT2D eigenvalue weighted by Gasteiger charge is 2.42. The molecule has 9 heteroatoms. The van der Waals surface area contributed by atoms with Crippen molar-refractivity contribution in [2.75, 3.05) is 17.3 Å². The zero-order valence-electron chi connectivity index (χ0n) is 17.7. The van der Waals surface area contributed by atoms with E-state index in [1.807, 2.05) is 31.2 Å². The highest BCUT2D eigenvalue weighted by molar-refractivity contribution is 8.01. The summed E-state index contributed by atoms with van der Waals surface area (Å²) in [4.78, 5) is 15.0. The van der Waals surface area contributed by atoms with E-state index in [0.717, 1.165) is 22.0 Å². The molecular weight excluding hydrogens is 442 g/mol. The van der Waals surface area contributed by atoms with E-state index in [1.165, 1.54) is 23.1 Å². The second-order valence-corrected chi connectivity index (χ2v) is 9.46. The van der Waals surface area contributed by atoms with E-state index in [1.54, 1.807) is 11.0 Å². The van der Waals surface area contributed by atoms with Gasteiger partial charge in [0.05, 0.1) is 24.2 Å². The Kier molecular flexibility index (Phi) is 6.63. The van der Waals surface area contributed by atoms with Crippen molar-refractivity contribution in [3.05, 3.63) is 65.1 Å². The third-order valence-corrected chi connectivity index (χ3v) is 7.39. The Hall–Kier alpha value is -3.09. The molecule has 2 N–H and O–H groups in total. The molecule has 1 aliphatic carbocycles. The van der Waals surface area contributed by atoms with Crippen molar-refractivity contribution in [2.24, 2.45) is 5.73 Å². The largest absolute Gasteiger partial charge is 0.494 e. The van der Waals surface area contributed by atoms with Crippen molar-refractivity contribution in [1.82, 2.24) is 10.2 Å². The minimum absolute atomic E-state index is 0.0265. The molecule has 1 atom stereocenters. The van der Waals surface area contributed by atoms with Gasteiger partial charge in [-0.2, -0.15) is 5.26 Å². The molecule has 7 nitrogen and oxygen atoms in total. The van der Waals surface area contributed by atoms with Crippen LogP contribution in [0.25, 0.3) is 0 Å². The van der Waals surface area contributed by atoms with Crippen LogP contribution in [-0.2, 0) is 4.79 Å². The monoisotopic (exact) mass is 465 g/mol. The molecule has 0 fully saturated rings. The normalized spacial score (nSPS) is 18.4. The summed E-state index contributed by atoms with van der Waals surface area (Å²) < 4.78 is 6.61. The number of hydrogen-bond donors (Lipinski definition) is 1. The van der Waals surface area contributed by atoms with Crippen molar-refractivity contribution in [2.45, 2.75) is 36.4 Å². The lowest BCUT2D eigenvalue weighted by molar-refractivity contribution is -0.116. The zero-order valence-corrected chi connectivity index (χ0v) is 19.3. The number of carbonyl (C=O) groups excluding carboxylic acids is 1. The van der Waals surface area contributed by atoms with Gasteiger partial charge in [0.25, 0.3) is 0 Å². The first-order valence-corrected chi connectivity index (χ1v) is 12.2. The zero-order chi connectivity index (χ0) is 22.7. The fourth-order valence-electron chi connectivity index (χ4n) is 4.10. The molecule has 2 aliphatic rings. The fraction of sp³-hybridized carbons (Fsp3) is 0.304. The van der Waals surface area contributed by atoms with Crippen LogP contribution in [0.15, 0.2) is 63.9 Å². The topological polar surface area (TPSA) is 105 Å². The van der Waals surface area contributed by atoms with Crippen LogP contribution in [0.4, 0.5) is 5.13 Å². The van der Waals surface area contributed by atoms with Crippen LogP contribution in [0.3, 0.4) is 0 Å². The Morgan fingerprint density at radius 1 is 1.41 bits per heavy atom. The SMILES string of the molecule is C=CCSc1nnc(N2C(N)=C(C#N)C(c3ccccc3OCC)C3=C2CCCC3=O)s1. The maximum Gasteiger partial charge on any atom is 0.219 e. The van der Waals surface area contributed by atoms with Gasteiger partial charge in [-0.05, 0) is 25.8 Å². The quantitative estimate of drug-likeness (QED) is 0.470. The van der Waals surface area contributed by atoms with Crippen molar-refractivity contribution < 1.29 is 9.53 Å². The molecule has 4 rings (SSSR count). The average Bonchev–Trinajstić information content (AvgIpc) is 3.26. The lowest BCUT2D eigenvalue weighted by Gasteiger charge is -2.38. The van der Waals surface area contributed by atoms with Crippen molar-refractivity contribution in [3.63, 3.8) is 0 Å². The molecule has 2 heterocycles. The number of benzene rings is 1. The Balaban J connectivity index is 1.89. The van der Waals surface area contributed by atoms with E-state index in [2.05, 4.69) is 22.8 Å². The summed E-state index contributed by atoms with van der Waals surface area (Å²) in [5.41, 5.74) is 9.09. The van der Waals surface area contributed by atoms with Gasteiger partial charge in [0.2, 0.25) is 5.13 Å². The Labute approximate surface area is 195 Å². The first-order valence-electron chi connectivity index (χ1n) is 10.4. The van der Waals surface area contributed by atoms with Gasteiger partial charge in [0.1, 0.15) is 11.6 Å². The van der Waals surface area contributed by atoms with Crippen molar-refractivity contribution in [1.29, 1.82) is 5.26 Å². The number of para-hydroxylation sites is 1. The molecule has 32 heavy (non-hydrogen) atoms. The summed E-state index contributed by atoms with van der Waals surface area (Å²) in [6.07, 6.45) is 3.63. The lowest BCUT2D eigenvalue weighted by atomic mass is 9.75. The predicted molar refractivity (Wildman–Crippen MR) is 126 cm³/mol. The number of rotatable bonds is 7. The van der Waals surface area contributed by atoms with E-state index < -0.39 is 5.92 Å². The Morgan fingerprint density at radius 2 is 2.22 bits per heavy atom. The molecule has 1 aromatic heterocycles. The molecule has 0 amide bonds. The Morgan fingerprint density at radius 3 is 2.97 bits per heavy atom. The van der Waals surface area contributed by atoms with E-state index in [9.17, 15) is 10.1 Å². The number of thioether (sulfide) groups is 1. The minimum Gasteiger partial charge on any atom is -0.494 e. The first-order chi connectivity index (χ1) is 15.6. The first kappa shape index (κ1) is 22.1. The summed E-state index contributed by atoms with van der Waals surface area (Å²) in [7, 11) is 0. The minimum atomic E-state index is -0.565. The molecule has 0 saturated heterocycles. The molecule has 1 unspecified atom stereocenters.